The van der Waals surface area contributed by atoms with Gasteiger partial charge in [0, 0.05) is 17.4 Å². The predicted octanol–water partition coefficient (Wildman–Crippen LogP) is 3.40. The lowest BCUT2D eigenvalue weighted by molar-refractivity contribution is -0.115. The molecule has 2 N–H and O–H groups in total. The van der Waals surface area contributed by atoms with Crippen molar-refractivity contribution in [1.29, 1.82) is 0 Å². The molecule has 0 fully saturated rings. The van der Waals surface area contributed by atoms with Crippen LogP contribution in [0.4, 0.5) is 5.95 Å². The van der Waals surface area contributed by atoms with Gasteiger partial charge in [-0.1, -0.05) is 49.4 Å². The third-order valence-electron chi connectivity index (χ3n) is 3.84. The lowest BCUT2D eigenvalue weighted by atomic mass is 10.2. The summed E-state index contributed by atoms with van der Waals surface area (Å²) in [6.45, 7) is 5.02. The zero-order chi connectivity index (χ0) is 17.6. The fraction of sp³-hybridized carbons (Fsp3) is 0.200. The molecule has 0 aliphatic carbocycles. The van der Waals surface area contributed by atoms with Gasteiger partial charge < -0.3 is 5.32 Å². The molecule has 1 heterocycles. The van der Waals surface area contributed by atoms with Gasteiger partial charge in [-0.3, -0.25) is 14.7 Å². The van der Waals surface area contributed by atoms with Gasteiger partial charge in [-0.25, -0.2) is 4.98 Å². The summed E-state index contributed by atoms with van der Waals surface area (Å²) in [5.74, 6) is 0.410. The van der Waals surface area contributed by atoms with Crippen molar-refractivity contribution in [2.24, 2.45) is 0 Å². The van der Waals surface area contributed by atoms with Crippen LogP contribution in [0.1, 0.15) is 12.5 Å². The van der Waals surface area contributed by atoms with Crippen LogP contribution < -0.4 is 10.6 Å². The van der Waals surface area contributed by atoms with Crippen LogP contribution in [0.2, 0.25) is 0 Å². The second kappa shape index (κ2) is 7.77. The Labute approximate surface area is 147 Å². The fourth-order valence-electron chi connectivity index (χ4n) is 2.60. The van der Waals surface area contributed by atoms with Crippen molar-refractivity contribution in [3.63, 3.8) is 0 Å². The molecule has 0 unspecified atom stereocenters. The second-order valence-electron chi connectivity index (χ2n) is 5.85. The average molecular weight is 334 g/mol. The third kappa shape index (κ3) is 4.14. The summed E-state index contributed by atoms with van der Waals surface area (Å²) in [4.78, 5) is 16.8. The minimum atomic E-state index is -0.110. The molecule has 1 amide bonds. The lowest BCUT2D eigenvalue weighted by Crippen LogP contribution is -2.28. The number of benzene rings is 2. The van der Waals surface area contributed by atoms with Crippen LogP contribution in [0, 0.1) is 6.92 Å². The lowest BCUT2D eigenvalue weighted by Gasteiger charge is -2.09. The van der Waals surface area contributed by atoms with Crippen molar-refractivity contribution < 1.29 is 4.79 Å². The number of amides is 1. The minimum Gasteiger partial charge on any atom is -0.309 e. The highest BCUT2D eigenvalue weighted by Gasteiger charge is 2.13. The van der Waals surface area contributed by atoms with E-state index in [4.69, 9.17) is 0 Å². The third-order valence-corrected chi connectivity index (χ3v) is 3.84. The molecule has 0 saturated carbocycles. The Balaban J connectivity index is 1.99. The summed E-state index contributed by atoms with van der Waals surface area (Å²) >= 11 is 0. The molecule has 0 saturated heterocycles. The minimum absolute atomic E-state index is 0.110. The zero-order valence-electron chi connectivity index (χ0n) is 14.5. The van der Waals surface area contributed by atoms with E-state index in [0.717, 1.165) is 29.1 Å². The van der Waals surface area contributed by atoms with E-state index in [9.17, 15) is 4.79 Å². The number of carbonyl (C=O) groups excluding carboxylic acids is 1. The number of hydrogen-bond acceptors (Lipinski definition) is 3. The highest BCUT2D eigenvalue weighted by atomic mass is 16.2. The standard InChI is InChI=1S/C20H22N4O/c1-3-21-13-19(25)23-20-22-18(16-9-5-4-6-10-16)14-24(20)17-11-7-8-15(2)12-17/h4-12,14,21H,3,13H2,1-2H3,(H,22,23,25). The molecule has 0 radical (unpaired) electrons. The summed E-state index contributed by atoms with van der Waals surface area (Å²) in [5.41, 5.74) is 3.95. The molecule has 3 aromatic rings. The zero-order valence-corrected chi connectivity index (χ0v) is 14.5. The first kappa shape index (κ1) is 16.9. The molecule has 0 aliphatic heterocycles. The first-order chi connectivity index (χ1) is 12.2. The number of nitrogens with one attached hydrogen (secondary N) is 2. The van der Waals surface area contributed by atoms with Gasteiger partial charge in [-0.2, -0.15) is 0 Å². The monoisotopic (exact) mass is 334 g/mol. The van der Waals surface area contributed by atoms with Gasteiger partial charge in [-0.15, -0.1) is 0 Å². The number of imidazole rings is 1. The fourth-order valence-corrected chi connectivity index (χ4v) is 2.60. The van der Waals surface area contributed by atoms with E-state index in [1.54, 1.807) is 0 Å². The Kier molecular flexibility index (Phi) is 5.26. The maximum absolute atomic E-state index is 12.1. The molecule has 25 heavy (non-hydrogen) atoms. The molecule has 0 aliphatic rings. The van der Waals surface area contributed by atoms with Crippen LogP contribution in [-0.4, -0.2) is 28.5 Å². The summed E-state index contributed by atoms with van der Waals surface area (Å²) in [6.07, 6.45) is 1.95. The number of carbonyl (C=O) groups is 1. The summed E-state index contributed by atoms with van der Waals surface area (Å²) < 4.78 is 1.92. The van der Waals surface area contributed by atoms with E-state index in [0.29, 0.717) is 5.95 Å². The molecule has 0 atom stereocenters. The molecule has 0 bridgehead atoms. The SMILES string of the molecule is CCNCC(=O)Nc1nc(-c2ccccc2)cn1-c1cccc(C)c1. The van der Waals surface area contributed by atoms with Gasteiger partial charge in [0.2, 0.25) is 11.9 Å². The van der Waals surface area contributed by atoms with Crippen molar-refractivity contribution in [2.75, 3.05) is 18.4 Å². The highest BCUT2D eigenvalue weighted by Crippen LogP contribution is 2.24. The summed E-state index contributed by atoms with van der Waals surface area (Å²) in [6, 6.07) is 18.0. The van der Waals surface area contributed by atoms with Crippen molar-refractivity contribution in [2.45, 2.75) is 13.8 Å². The van der Waals surface area contributed by atoms with Gasteiger partial charge in [0.25, 0.3) is 0 Å². The van der Waals surface area contributed by atoms with Crippen molar-refractivity contribution in [1.82, 2.24) is 14.9 Å². The Morgan fingerprint density at radius 2 is 1.92 bits per heavy atom. The predicted molar refractivity (Wildman–Crippen MR) is 101 cm³/mol. The van der Waals surface area contributed by atoms with Crippen LogP contribution in [0.5, 0.6) is 0 Å². The van der Waals surface area contributed by atoms with Crippen molar-refractivity contribution in [3.8, 4) is 16.9 Å². The van der Waals surface area contributed by atoms with Gasteiger partial charge in [0.1, 0.15) is 0 Å². The van der Waals surface area contributed by atoms with E-state index in [-0.39, 0.29) is 12.5 Å². The Hall–Kier alpha value is -2.92. The van der Waals surface area contributed by atoms with Gasteiger partial charge in [0.15, 0.2) is 0 Å². The number of likely N-dealkylation sites (N-methyl/N-ethyl adjacent to an activating group) is 1. The van der Waals surface area contributed by atoms with Crippen LogP contribution >= 0.6 is 0 Å². The maximum atomic E-state index is 12.1. The van der Waals surface area contributed by atoms with E-state index >= 15 is 0 Å². The molecule has 2 aromatic carbocycles. The Morgan fingerprint density at radius 1 is 1.12 bits per heavy atom. The summed E-state index contributed by atoms with van der Waals surface area (Å²) in [5, 5.41) is 5.93. The number of rotatable bonds is 6. The smallest absolute Gasteiger partial charge is 0.240 e. The highest BCUT2D eigenvalue weighted by molar-refractivity contribution is 5.91. The van der Waals surface area contributed by atoms with Crippen LogP contribution in [-0.2, 0) is 4.79 Å². The van der Waals surface area contributed by atoms with Crippen LogP contribution in [0.3, 0.4) is 0 Å². The van der Waals surface area contributed by atoms with E-state index in [1.165, 1.54) is 0 Å². The molecular formula is C20H22N4O. The van der Waals surface area contributed by atoms with Crippen molar-refractivity contribution in [3.05, 3.63) is 66.4 Å². The Morgan fingerprint density at radius 3 is 2.64 bits per heavy atom. The first-order valence-corrected chi connectivity index (χ1v) is 8.40. The molecule has 5 nitrogen and oxygen atoms in total. The number of hydrogen-bond donors (Lipinski definition) is 2. The number of aromatic nitrogens is 2. The topological polar surface area (TPSA) is 59.0 Å². The largest absolute Gasteiger partial charge is 0.309 e. The van der Waals surface area contributed by atoms with Gasteiger partial charge >= 0.3 is 0 Å². The Bertz CT molecular complexity index is 855. The number of anilines is 1. The van der Waals surface area contributed by atoms with E-state index in [1.807, 2.05) is 73.1 Å². The first-order valence-electron chi connectivity index (χ1n) is 8.40. The number of aryl methyl sites for hydroxylation is 1. The molecule has 3 rings (SSSR count). The quantitative estimate of drug-likeness (QED) is 0.726. The molecule has 0 spiro atoms. The normalized spacial score (nSPS) is 10.6. The maximum Gasteiger partial charge on any atom is 0.240 e. The van der Waals surface area contributed by atoms with Crippen LogP contribution in [0.15, 0.2) is 60.8 Å². The average Bonchev–Trinajstić information content (AvgIpc) is 3.04. The molecular weight excluding hydrogens is 312 g/mol. The molecule has 1 aromatic heterocycles. The van der Waals surface area contributed by atoms with E-state index in [2.05, 4.69) is 21.7 Å². The summed E-state index contributed by atoms with van der Waals surface area (Å²) in [7, 11) is 0. The van der Waals surface area contributed by atoms with Crippen LogP contribution in [0.25, 0.3) is 16.9 Å². The van der Waals surface area contributed by atoms with Crippen molar-refractivity contribution >= 4 is 11.9 Å². The van der Waals surface area contributed by atoms with E-state index < -0.39 is 0 Å². The van der Waals surface area contributed by atoms with Gasteiger partial charge in [0.05, 0.1) is 12.2 Å². The molecule has 128 valence electrons. The molecule has 5 heteroatoms. The second-order valence-corrected chi connectivity index (χ2v) is 5.85. The van der Waals surface area contributed by atoms with Gasteiger partial charge in [-0.05, 0) is 31.2 Å². The number of nitrogens with zero attached hydrogens (tertiary/aromatic N) is 2.